The van der Waals surface area contributed by atoms with Gasteiger partial charge >= 0.3 is 0 Å². The summed E-state index contributed by atoms with van der Waals surface area (Å²) < 4.78 is 6.24. The first-order valence-corrected chi connectivity index (χ1v) is 9.48. The summed E-state index contributed by atoms with van der Waals surface area (Å²) in [6.45, 7) is 3.32. The predicted octanol–water partition coefficient (Wildman–Crippen LogP) is 2.81. The van der Waals surface area contributed by atoms with E-state index >= 15 is 0 Å². The molecule has 0 N–H and O–H groups in total. The number of hydrogen-bond donors (Lipinski definition) is 0. The summed E-state index contributed by atoms with van der Waals surface area (Å²) in [5, 5.41) is 1.06. The van der Waals surface area contributed by atoms with Crippen LogP contribution >= 0.6 is 0 Å². The fraction of sp³-hybridized carbons (Fsp3) is 0.524. The molecule has 2 aliphatic heterocycles. The zero-order valence-electron chi connectivity index (χ0n) is 15.6. The lowest BCUT2D eigenvalue weighted by Crippen LogP contribution is -2.50. The van der Waals surface area contributed by atoms with Crippen molar-refractivity contribution < 1.29 is 9.53 Å². The first kappa shape index (κ1) is 17.4. The number of pyridine rings is 1. The van der Waals surface area contributed by atoms with E-state index in [1.165, 1.54) is 0 Å². The Morgan fingerprint density at radius 2 is 2.15 bits per heavy atom. The molecule has 2 aromatic rings. The fourth-order valence-corrected chi connectivity index (χ4v) is 4.48. The van der Waals surface area contributed by atoms with E-state index in [0.717, 1.165) is 49.9 Å². The first-order valence-electron chi connectivity index (χ1n) is 9.48. The number of aromatic nitrogens is 1. The van der Waals surface area contributed by atoms with Crippen LogP contribution in [0.5, 0.6) is 0 Å². The molecule has 0 saturated carbocycles. The Kier molecular flexibility index (Phi) is 4.67. The SMILES string of the molecule is CN(C)C[C@H]1CO[C@]2(CCCN(C(=O)c3ccc4ccccc4n3)C2)C1. The second-order valence-corrected chi connectivity index (χ2v) is 8.05. The number of benzene rings is 1. The van der Waals surface area contributed by atoms with Crippen LogP contribution in [-0.2, 0) is 4.74 Å². The molecule has 1 aromatic carbocycles. The van der Waals surface area contributed by atoms with Gasteiger partial charge in [0.25, 0.3) is 5.91 Å². The number of piperidine rings is 1. The molecule has 0 aliphatic carbocycles. The van der Waals surface area contributed by atoms with Gasteiger partial charge in [0.15, 0.2) is 0 Å². The monoisotopic (exact) mass is 353 g/mol. The number of amides is 1. The summed E-state index contributed by atoms with van der Waals surface area (Å²) in [5.74, 6) is 0.577. The standard InChI is InChI=1S/C21H27N3O2/c1-23(2)13-16-12-21(26-14-16)10-5-11-24(15-21)20(25)19-9-8-17-6-3-4-7-18(17)22-19/h3-4,6-9,16H,5,10-15H2,1-2H3/t16-,21+/m0/s1. The summed E-state index contributed by atoms with van der Waals surface area (Å²) in [5.41, 5.74) is 1.24. The zero-order valence-corrected chi connectivity index (χ0v) is 15.6. The van der Waals surface area contributed by atoms with Crippen LogP contribution in [0.2, 0.25) is 0 Å². The second-order valence-electron chi connectivity index (χ2n) is 8.05. The maximum absolute atomic E-state index is 13.0. The van der Waals surface area contributed by atoms with Crippen molar-refractivity contribution in [3.63, 3.8) is 0 Å². The molecule has 5 heteroatoms. The van der Waals surface area contributed by atoms with E-state index in [4.69, 9.17) is 4.74 Å². The minimum absolute atomic E-state index is 0.0227. The van der Waals surface area contributed by atoms with E-state index in [0.29, 0.717) is 18.2 Å². The number of likely N-dealkylation sites (tertiary alicyclic amines) is 1. The van der Waals surface area contributed by atoms with Crippen molar-refractivity contribution in [3.8, 4) is 0 Å². The molecule has 1 aromatic heterocycles. The van der Waals surface area contributed by atoms with Crippen LogP contribution < -0.4 is 0 Å². The highest BCUT2D eigenvalue weighted by molar-refractivity contribution is 5.95. The highest BCUT2D eigenvalue weighted by Crippen LogP contribution is 2.38. The molecule has 26 heavy (non-hydrogen) atoms. The largest absolute Gasteiger partial charge is 0.373 e. The van der Waals surface area contributed by atoms with Crippen molar-refractivity contribution in [2.45, 2.75) is 24.9 Å². The third-order valence-electron chi connectivity index (χ3n) is 5.55. The molecule has 4 rings (SSSR count). The van der Waals surface area contributed by atoms with Crippen LogP contribution in [0.4, 0.5) is 0 Å². The van der Waals surface area contributed by atoms with Gasteiger partial charge in [0.1, 0.15) is 5.69 Å². The average Bonchev–Trinajstić information content (AvgIpc) is 3.01. The maximum Gasteiger partial charge on any atom is 0.272 e. The van der Waals surface area contributed by atoms with Gasteiger partial charge in [-0.15, -0.1) is 0 Å². The normalized spacial score (nSPS) is 26.1. The van der Waals surface area contributed by atoms with Gasteiger partial charge in [0.05, 0.1) is 24.3 Å². The highest BCUT2D eigenvalue weighted by atomic mass is 16.5. The van der Waals surface area contributed by atoms with Gasteiger partial charge in [-0.3, -0.25) is 4.79 Å². The molecule has 1 amide bonds. The number of carbonyl (C=O) groups is 1. The number of para-hydroxylation sites is 1. The molecular weight excluding hydrogens is 326 g/mol. The summed E-state index contributed by atoms with van der Waals surface area (Å²) in [6, 6.07) is 11.7. The predicted molar refractivity (Wildman–Crippen MR) is 102 cm³/mol. The lowest BCUT2D eigenvalue weighted by Gasteiger charge is -2.39. The van der Waals surface area contributed by atoms with Gasteiger partial charge in [-0.25, -0.2) is 4.98 Å². The average molecular weight is 353 g/mol. The van der Waals surface area contributed by atoms with Gasteiger partial charge in [-0.05, 0) is 51.4 Å². The van der Waals surface area contributed by atoms with E-state index in [9.17, 15) is 4.79 Å². The van der Waals surface area contributed by atoms with Crippen molar-refractivity contribution in [1.82, 2.24) is 14.8 Å². The second kappa shape index (κ2) is 6.97. The van der Waals surface area contributed by atoms with E-state index in [2.05, 4.69) is 24.0 Å². The van der Waals surface area contributed by atoms with Gasteiger partial charge in [-0.2, -0.15) is 0 Å². The minimum Gasteiger partial charge on any atom is -0.373 e. The van der Waals surface area contributed by atoms with Crippen molar-refractivity contribution >= 4 is 16.8 Å². The number of fused-ring (bicyclic) bond motifs is 1. The number of carbonyl (C=O) groups excluding carboxylic acids is 1. The number of ether oxygens (including phenoxy) is 1. The van der Waals surface area contributed by atoms with E-state index in [1.54, 1.807) is 0 Å². The van der Waals surface area contributed by atoms with Crippen molar-refractivity contribution in [3.05, 3.63) is 42.1 Å². The summed E-state index contributed by atoms with van der Waals surface area (Å²) in [4.78, 5) is 21.8. The van der Waals surface area contributed by atoms with Crippen molar-refractivity contribution in [2.24, 2.45) is 5.92 Å². The molecule has 0 radical (unpaired) electrons. The van der Waals surface area contributed by atoms with E-state index in [1.807, 2.05) is 41.3 Å². The van der Waals surface area contributed by atoms with Gasteiger partial charge in [0.2, 0.25) is 0 Å². The molecular formula is C21H27N3O2. The van der Waals surface area contributed by atoms with Gasteiger partial charge in [0, 0.05) is 18.5 Å². The Morgan fingerprint density at radius 1 is 1.31 bits per heavy atom. The van der Waals surface area contributed by atoms with Gasteiger partial charge in [-0.1, -0.05) is 24.3 Å². The van der Waals surface area contributed by atoms with E-state index < -0.39 is 0 Å². The molecule has 1 spiro atoms. The fourth-order valence-electron chi connectivity index (χ4n) is 4.48. The van der Waals surface area contributed by atoms with Crippen LogP contribution in [0.3, 0.4) is 0 Å². The zero-order chi connectivity index (χ0) is 18.1. The molecule has 0 bridgehead atoms. The first-order chi connectivity index (χ1) is 12.5. The Labute approximate surface area is 154 Å². The Balaban J connectivity index is 1.49. The molecule has 2 atom stereocenters. The quantitative estimate of drug-likeness (QED) is 0.851. The van der Waals surface area contributed by atoms with Crippen LogP contribution in [0.25, 0.3) is 10.9 Å². The third kappa shape index (κ3) is 3.46. The molecule has 2 saturated heterocycles. The summed E-state index contributed by atoms with van der Waals surface area (Å²) in [6.07, 6.45) is 3.08. The smallest absolute Gasteiger partial charge is 0.272 e. The molecule has 138 valence electrons. The summed E-state index contributed by atoms with van der Waals surface area (Å²) >= 11 is 0. The highest BCUT2D eigenvalue weighted by Gasteiger charge is 2.44. The molecule has 2 fully saturated rings. The van der Waals surface area contributed by atoms with Crippen LogP contribution in [-0.4, -0.2) is 66.6 Å². The summed E-state index contributed by atoms with van der Waals surface area (Å²) in [7, 11) is 4.21. The molecule has 2 aliphatic rings. The molecule has 3 heterocycles. The Hall–Kier alpha value is -1.98. The van der Waals surface area contributed by atoms with E-state index in [-0.39, 0.29) is 11.5 Å². The van der Waals surface area contributed by atoms with Gasteiger partial charge < -0.3 is 14.5 Å². The van der Waals surface area contributed by atoms with Crippen LogP contribution in [0, 0.1) is 5.92 Å². The molecule has 0 unspecified atom stereocenters. The number of nitrogens with zero attached hydrogens (tertiary/aromatic N) is 3. The Morgan fingerprint density at radius 3 is 3.00 bits per heavy atom. The third-order valence-corrected chi connectivity index (χ3v) is 5.55. The number of rotatable bonds is 3. The van der Waals surface area contributed by atoms with Crippen molar-refractivity contribution in [2.75, 3.05) is 40.3 Å². The minimum atomic E-state index is -0.161. The Bertz CT molecular complexity index is 807. The number of hydrogen-bond acceptors (Lipinski definition) is 4. The molecule has 5 nitrogen and oxygen atoms in total. The lowest BCUT2D eigenvalue weighted by atomic mass is 9.86. The van der Waals surface area contributed by atoms with Crippen LogP contribution in [0.15, 0.2) is 36.4 Å². The van der Waals surface area contributed by atoms with Crippen LogP contribution in [0.1, 0.15) is 29.8 Å². The lowest BCUT2D eigenvalue weighted by molar-refractivity contribution is -0.0451. The topological polar surface area (TPSA) is 45.7 Å². The maximum atomic E-state index is 13.0. The van der Waals surface area contributed by atoms with Crippen molar-refractivity contribution in [1.29, 1.82) is 0 Å².